The van der Waals surface area contributed by atoms with Gasteiger partial charge in [0.25, 0.3) is 0 Å². The molecule has 0 N–H and O–H groups in total. The monoisotopic (exact) mass is 637 g/mol. The van der Waals surface area contributed by atoms with Crippen LogP contribution in [0.2, 0.25) is 0 Å². The molecular formula is C45H27N5. The van der Waals surface area contributed by atoms with Crippen molar-refractivity contribution in [2.75, 3.05) is 0 Å². The lowest BCUT2D eigenvalue weighted by molar-refractivity contribution is 1.33. The first-order valence-electron chi connectivity index (χ1n) is 16.6. The second kappa shape index (κ2) is 11.4. The molecule has 0 radical (unpaired) electrons. The van der Waals surface area contributed by atoms with Gasteiger partial charge in [0.05, 0.1) is 33.5 Å². The summed E-state index contributed by atoms with van der Waals surface area (Å²) >= 11 is 0. The Morgan fingerprint density at radius 2 is 1.04 bits per heavy atom. The van der Waals surface area contributed by atoms with Crippen LogP contribution in [0.1, 0.15) is 0 Å². The molecule has 0 atom stereocenters. The SMILES string of the molecule is c1ccc2c(-c3ccc4ccc(-c5ccc6nc(-c7ccc(-c8cc9cccnc9c9ncccc89)cc7)ccc6c5)cc4n3)cncc2c1. The molecule has 5 heterocycles. The van der Waals surface area contributed by atoms with Crippen molar-refractivity contribution < 1.29 is 0 Å². The van der Waals surface area contributed by atoms with Gasteiger partial charge in [0.15, 0.2) is 0 Å². The molecule has 0 spiro atoms. The Morgan fingerprint density at radius 1 is 0.360 bits per heavy atom. The highest BCUT2D eigenvalue weighted by Gasteiger charge is 2.12. The smallest absolute Gasteiger partial charge is 0.0970 e. The second-order valence-corrected chi connectivity index (χ2v) is 12.6. The molecule has 5 heteroatoms. The van der Waals surface area contributed by atoms with Gasteiger partial charge in [-0.1, -0.05) is 91.0 Å². The fourth-order valence-electron chi connectivity index (χ4n) is 7.07. The Balaban J connectivity index is 0.967. The van der Waals surface area contributed by atoms with Crippen molar-refractivity contribution in [1.29, 1.82) is 0 Å². The number of benzene rings is 5. The van der Waals surface area contributed by atoms with Crippen LogP contribution >= 0.6 is 0 Å². The first-order chi connectivity index (χ1) is 24.7. The van der Waals surface area contributed by atoms with Gasteiger partial charge in [-0.2, -0.15) is 0 Å². The Labute approximate surface area is 287 Å². The van der Waals surface area contributed by atoms with E-state index in [0.717, 1.165) is 99.2 Å². The number of pyridine rings is 5. The van der Waals surface area contributed by atoms with E-state index < -0.39 is 0 Å². The van der Waals surface area contributed by atoms with Crippen LogP contribution in [0, 0.1) is 0 Å². The third kappa shape index (κ3) is 4.75. The normalized spacial score (nSPS) is 11.6. The van der Waals surface area contributed by atoms with Crippen LogP contribution in [-0.2, 0) is 0 Å². The Hall–Kier alpha value is -6.85. The van der Waals surface area contributed by atoms with Gasteiger partial charge < -0.3 is 0 Å². The lowest BCUT2D eigenvalue weighted by Crippen LogP contribution is -1.90. The van der Waals surface area contributed by atoms with Gasteiger partial charge in [-0.25, -0.2) is 9.97 Å². The molecule has 0 aliphatic rings. The van der Waals surface area contributed by atoms with E-state index in [1.54, 1.807) is 0 Å². The largest absolute Gasteiger partial charge is 0.263 e. The first kappa shape index (κ1) is 28.2. The predicted octanol–water partition coefficient (Wildman–Crippen LogP) is 11.1. The van der Waals surface area contributed by atoms with E-state index in [9.17, 15) is 0 Å². The molecule has 10 rings (SSSR count). The molecule has 0 amide bonds. The van der Waals surface area contributed by atoms with Crippen LogP contribution in [0.25, 0.3) is 99.2 Å². The van der Waals surface area contributed by atoms with Crippen molar-refractivity contribution in [3.63, 3.8) is 0 Å². The average molecular weight is 638 g/mol. The van der Waals surface area contributed by atoms with E-state index in [1.165, 1.54) is 0 Å². The summed E-state index contributed by atoms with van der Waals surface area (Å²) in [4.78, 5) is 23.9. The summed E-state index contributed by atoms with van der Waals surface area (Å²) in [5, 5.41) is 6.63. The van der Waals surface area contributed by atoms with Crippen molar-refractivity contribution in [3.05, 3.63) is 164 Å². The van der Waals surface area contributed by atoms with Gasteiger partial charge in [-0.3, -0.25) is 15.0 Å². The molecule has 232 valence electrons. The highest BCUT2D eigenvalue weighted by Crippen LogP contribution is 2.35. The Bertz CT molecular complexity index is 2930. The van der Waals surface area contributed by atoms with Crippen LogP contribution in [0.4, 0.5) is 0 Å². The molecule has 0 aliphatic heterocycles. The third-order valence-electron chi connectivity index (χ3n) is 9.61. The van der Waals surface area contributed by atoms with E-state index in [0.29, 0.717) is 0 Å². The number of nitrogens with zero attached hydrogens (tertiary/aromatic N) is 5. The fraction of sp³-hybridized carbons (Fsp3) is 0. The fourth-order valence-corrected chi connectivity index (χ4v) is 7.07. The number of hydrogen-bond donors (Lipinski definition) is 0. The summed E-state index contributed by atoms with van der Waals surface area (Å²) < 4.78 is 0. The van der Waals surface area contributed by atoms with Gasteiger partial charge in [0.2, 0.25) is 0 Å². The van der Waals surface area contributed by atoms with Crippen molar-refractivity contribution in [2.45, 2.75) is 0 Å². The van der Waals surface area contributed by atoms with Crippen molar-refractivity contribution in [2.24, 2.45) is 0 Å². The summed E-state index contributed by atoms with van der Waals surface area (Å²) in [7, 11) is 0. The first-order valence-corrected chi connectivity index (χ1v) is 16.6. The molecule has 50 heavy (non-hydrogen) atoms. The summed E-state index contributed by atoms with van der Waals surface area (Å²) in [6.45, 7) is 0. The molecule has 5 nitrogen and oxygen atoms in total. The zero-order valence-corrected chi connectivity index (χ0v) is 26.8. The minimum Gasteiger partial charge on any atom is -0.263 e. The highest BCUT2D eigenvalue weighted by molar-refractivity contribution is 6.10. The maximum Gasteiger partial charge on any atom is 0.0970 e. The molecule has 0 unspecified atom stereocenters. The highest BCUT2D eigenvalue weighted by atomic mass is 14.7. The van der Waals surface area contributed by atoms with Crippen LogP contribution < -0.4 is 0 Å². The van der Waals surface area contributed by atoms with Crippen LogP contribution in [0.5, 0.6) is 0 Å². The van der Waals surface area contributed by atoms with Gasteiger partial charge in [0, 0.05) is 62.8 Å². The van der Waals surface area contributed by atoms with Gasteiger partial charge in [0.1, 0.15) is 0 Å². The zero-order valence-electron chi connectivity index (χ0n) is 26.8. The summed E-state index contributed by atoms with van der Waals surface area (Å²) in [6, 6.07) is 48.8. The Morgan fingerprint density at radius 3 is 1.98 bits per heavy atom. The lowest BCUT2D eigenvalue weighted by Gasteiger charge is -2.11. The van der Waals surface area contributed by atoms with E-state index in [2.05, 4.69) is 136 Å². The van der Waals surface area contributed by atoms with Crippen LogP contribution in [0.15, 0.2) is 164 Å². The van der Waals surface area contributed by atoms with Crippen molar-refractivity contribution >= 4 is 54.4 Å². The minimum atomic E-state index is 0.919. The number of rotatable bonds is 4. The molecule has 0 bridgehead atoms. The molecule has 10 aromatic rings. The van der Waals surface area contributed by atoms with Gasteiger partial charge >= 0.3 is 0 Å². The van der Waals surface area contributed by atoms with Crippen LogP contribution in [-0.4, -0.2) is 24.9 Å². The predicted molar refractivity (Wildman–Crippen MR) is 205 cm³/mol. The van der Waals surface area contributed by atoms with E-state index in [-0.39, 0.29) is 0 Å². The number of fused-ring (bicyclic) bond motifs is 6. The van der Waals surface area contributed by atoms with Crippen molar-refractivity contribution in [3.8, 4) is 44.8 Å². The summed E-state index contributed by atoms with van der Waals surface area (Å²) in [5.74, 6) is 0. The topological polar surface area (TPSA) is 64.5 Å². The van der Waals surface area contributed by atoms with Gasteiger partial charge in [-0.15, -0.1) is 0 Å². The quantitative estimate of drug-likeness (QED) is 0.180. The van der Waals surface area contributed by atoms with E-state index in [4.69, 9.17) is 9.97 Å². The third-order valence-corrected chi connectivity index (χ3v) is 9.61. The van der Waals surface area contributed by atoms with Crippen LogP contribution in [0.3, 0.4) is 0 Å². The van der Waals surface area contributed by atoms with E-state index in [1.807, 2.05) is 43.0 Å². The number of hydrogen-bond acceptors (Lipinski definition) is 5. The molecular weight excluding hydrogens is 611 g/mol. The number of aromatic nitrogens is 5. The molecule has 5 aromatic heterocycles. The molecule has 0 aliphatic carbocycles. The lowest BCUT2D eigenvalue weighted by atomic mass is 9.96. The van der Waals surface area contributed by atoms with Crippen molar-refractivity contribution in [1.82, 2.24) is 24.9 Å². The Kier molecular flexibility index (Phi) is 6.42. The van der Waals surface area contributed by atoms with E-state index >= 15 is 0 Å². The second-order valence-electron chi connectivity index (χ2n) is 12.6. The maximum absolute atomic E-state index is 5.08. The summed E-state index contributed by atoms with van der Waals surface area (Å²) in [6.07, 6.45) is 7.46. The maximum atomic E-state index is 5.08. The standard InChI is InChI=1S/C45H27N5/c1-2-7-36-35(5-1)26-46-27-39(36)42-20-15-30-13-14-32(25-43(30)50-42)31-16-18-41-33(23-31)17-19-40(49-41)29-11-9-28(10-12-29)38-24-34-6-3-21-47-44(34)45-37(38)8-4-22-48-45/h1-27H. The average Bonchev–Trinajstić information content (AvgIpc) is 3.19. The summed E-state index contributed by atoms with van der Waals surface area (Å²) in [5.41, 5.74) is 12.2. The molecule has 0 fully saturated rings. The molecule has 0 saturated heterocycles. The minimum absolute atomic E-state index is 0.919. The zero-order chi connectivity index (χ0) is 33.0. The molecule has 0 saturated carbocycles. The molecule has 5 aromatic carbocycles. The van der Waals surface area contributed by atoms with Gasteiger partial charge in [-0.05, 0) is 76.2 Å².